The van der Waals surface area contributed by atoms with Crippen molar-refractivity contribution in [3.05, 3.63) is 29.3 Å². The first kappa shape index (κ1) is 13.4. The van der Waals surface area contributed by atoms with Crippen LogP contribution < -0.4 is 16.4 Å². The van der Waals surface area contributed by atoms with Gasteiger partial charge in [0.1, 0.15) is 0 Å². The van der Waals surface area contributed by atoms with Crippen LogP contribution in [0.1, 0.15) is 49.3 Å². The van der Waals surface area contributed by atoms with E-state index in [1.54, 1.807) is 0 Å². The molecule has 1 amide bonds. The van der Waals surface area contributed by atoms with E-state index in [-0.39, 0.29) is 11.9 Å². The minimum Gasteiger partial charge on any atom is -0.399 e. The molecular formula is C16H23N3O. The molecule has 2 unspecified atom stereocenters. The van der Waals surface area contributed by atoms with Crippen LogP contribution in [0.3, 0.4) is 0 Å². The normalized spacial score (nSPS) is 25.2. The molecule has 0 spiro atoms. The topological polar surface area (TPSA) is 67.1 Å². The molecule has 4 nitrogen and oxygen atoms in total. The lowest BCUT2D eigenvalue weighted by Crippen LogP contribution is -2.35. The maximum Gasteiger partial charge on any atom is 0.222 e. The largest absolute Gasteiger partial charge is 0.399 e. The number of fused-ring (bicyclic) bond motifs is 1. The Morgan fingerprint density at radius 1 is 1.35 bits per heavy atom. The second-order valence-corrected chi connectivity index (χ2v) is 5.97. The molecule has 0 bridgehead atoms. The second kappa shape index (κ2) is 5.83. The summed E-state index contributed by atoms with van der Waals surface area (Å²) in [6, 6.07) is 6.58. The second-order valence-electron chi connectivity index (χ2n) is 5.97. The number of carbonyl (C=O) groups excluding carboxylic acids is 1. The molecule has 1 heterocycles. The van der Waals surface area contributed by atoms with E-state index in [1.165, 1.54) is 17.5 Å². The molecule has 2 aliphatic rings. The molecule has 1 aliphatic heterocycles. The van der Waals surface area contributed by atoms with Crippen LogP contribution in [-0.4, -0.2) is 18.5 Å². The Kier molecular flexibility index (Phi) is 3.92. The zero-order valence-electron chi connectivity index (χ0n) is 11.8. The van der Waals surface area contributed by atoms with Gasteiger partial charge in [0.05, 0.1) is 6.04 Å². The van der Waals surface area contributed by atoms with Gasteiger partial charge in [0.2, 0.25) is 5.91 Å². The average molecular weight is 273 g/mol. The van der Waals surface area contributed by atoms with Crippen molar-refractivity contribution >= 4 is 11.6 Å². The van der Waals surface area contributed by atoms with Crippen LogP contribution in [0.2, 0.25) is 0 Å². The Balaban J connectivity index is 1.65. The van der Waals surface area contributed by atoms with E-state index in [0.717, 1.165) is 37.9 Å². The first-order chi connectivity index (χ1) is 9.72. The van der Waals surface area contributed by atoms with Crippen molar-refractivity contribution in [2.45, 2.75) is 50.6 Å². The zero-order chi connectivity index (χ0) is 13.9. The number of benzene rings is 1. The fourth-order valence-electron chi connectivity index (χ4n) is 3.39. The summed E-state index contributed by atoms with van der Waals surface area (Å²) in [6.45, 7) is 1.05. The molecule has 1 saturated heterocycles. The highest BCUT2D eigenvalue weighted by molar-refractivity contribution is 5.77. The highest BCUT2D eigenvalue weighted by Gasteiger charge is 2.24. The Morgan fingerprint density at radius 2 is 2.25 bits per heavy atom. The lowest BCUT2D eigenvalue weighted by atomic mass is 9.87. The number of hydrogen-bond donors (Lipinski definition) is 3. The van der Waals surface area contributed by atoms with Crippen molar-refractivity contribution in [2.75, 3.05) is 12.3 Å². The van der Waals surface area contributed by atoms with Gasteiger partial charge in [-0.15, -0.1) is 0 Å². The SMILES string of the molecule is Nc1ccc2c(c1)CCCC2NC(=O)CC1CCCN1. The molecule has 1 aromatic carbocycles. The smallest absolute Gasteiger partial charge is 0.222 e. The van der Waals surface area contributed by atoms with E-state index in [1.807, 2.05) is 12.1 Å². The molecule has 2 atom stereocenters. The van der Waals surface area contributed by atoms with Crippen LogP contribution in [-0.2, 0) is 11.2 Å². The maximum atomic E-state index is 12.2. The van der Waals surface area contributed by atoms with Gasteiger partial charge in [0, 0.05) is 18.2 Å². The van der Waals surface area contributed by atoms with Crippen molar-refractivity contribution in [3.8, 4) is 0 Å². The van der Waals surface area contributed by atoms with Gasteiger partial charge in [-0.25, -0.2) is 0 Å². The summed E-state index contributed by atoms with van der Waals surface area (Å²) in [5.74, 6) is 0.166. The molecule has 20 heavy (non-hydrogen) atoms. The Labute approximate surface area is 120 Å². The third-order valence-electron chi connectivity index (χ3n) is 4.41. The summed E-state index contributed by atoms with van der Waals surface area (Å²) in [6.07, 6.45) is 6.11. The van der Waals surface area contributed by atoms with Crippen LogP contribution in [0.15, 0.2) is 18.2 Å². The van der Waals surface area contributed by atoms with Crippen molar-refractivity contribution in [1.82, 2.24) is 10.6 Å². The van der Waals surface area contributed by atoms with Gasteiger partial charge in [-0.2, -0.15) is 0 Å². The summed E-state index contributed by atoms with van der Waals surface area (Å²) in [5.41, 5.74) is 9.19. The third-order valence-corrected chi connectivity index (χ3v) is 4.41. The number of nitrogen functional groups attached to an aromatic ring is 1. The van der Waals surface area contributed by atoms with Crippen molar-refractivity contribution in [2.24, 2.45) is 0 Å². The summed E-state index contributed by atoms with van der Waals surface area (Å²) < 4.78 is 0. The first-order valence-electron chi connectivity index (χ1n) is 7.63. The van der Waals surface area contributed by atoms with Gasteiger partial charge in [-0.3, -0.25) is 4.79 Å². The van der Waals surface area contributed by atoms with Crippen LogP contribution in [0.25, 0.3) is 0 Å². The molecule has 0 aromatic heterocycles. The van der Waals surface area contributed by atoms with E-state index in [2.05, 4.69) is 16.7 Å². The lowest BCUT2D eigenvalue weighted by Gasteiger charge is -2.27. The molecular weight excluding hydrogens is 250 g/mol. The van der Waals surface area contributed by atoms with Crippen LogP contribution in [0.5, 0.6) is 0 Å². The monoisotopic (exact) mass is 273 g/mol. The number of aryl methyl sites for hydroxylation is 1. The molecule has 108 valence electrons. The molecule has 3 rings (SSSR count). The summed E-state index contributed by atoms with van der Waals surface area (Å²) in [5, 5.41) is 6.58. The minimum atomic E-state index is 0.160. The third kappa shape index (κ3) is 2.96. The summed E-state index contributed by atoms with van der Waals surface area (Å²) >= 11 is 0. The lowest BCUT2D eigenvalue weighted by molar-refractivity contribution is -0.122. The molecule has 0 saturated carbocycles. The van der Waals surface area contributed by atoms with Crippen molar-refractivity contribution in [3.63, 3.8) is 0 Å². The number of rotatable bonds is 3. The van der Waals surface area contributed by atoms with Crippen molar-refractivity contribution in [1.29, 1.82) is 0 Å². The van der Waals surface area contributed by atoms with E-state index in [9.17, 15) is 4.79 Å². The highest BCUT2D eigenvalue weighted by Crippen LogP contribution is 2.31. The Hall–Kier alpha value is -1.55. The van der Waals surface area contributed by atoms with E-state index >= 15 is 0 Å². The van der Waals surface area contributed by atoms with E-state index in [0.29, 0.717) is 12.5 Å². The molecule has 1 aliphatic carbocycles. The Morgan fingerprint density at radius 3 is 3.05 bits per heavy atom. The average Bonchev–Trinajstić information content (AvgIpc) is 2.91. The number of amides is 1. The zero-order valence-corrected chi connectivity index (χ0v) is 11.8. The van der Waals surface area contributed by atoms with E-state index < -0.39 is 0 Å². The minimum absolute atomic E-state index is 0.160. The summed E-state index contributed by atoms with van der Waals surface area (Å²) in [4.78, 5) is 12.2. The number of nitrogens with two attached hydrogens (primary N) is 1. The predicted octanol–water partition coefficient (Wildman–Crippen LogP) is 1.90. The summed E-state index contributed by atoms with van der Waals surface area (Å²) in [7, 11) is 0. The standard InChI is InChI=1S/C16H23N3O/c17-12-6-7-14-11(9-12)3-1-5-15(14)19-16(20)10-13-4-2-8-18-13/h6-7,9,13,15,18H,1-5,8,10,17H2,(H,19,20). The number of nitrogens with one attached hydrogen (secondary N) is 2. The van der Waals surface area contributed by atoms with Crippen LogP contribution in [0.4, 0.5) is 5.69 Å². The predicted molar refractivity (Wildman–Crippen MR) is 80.3 cm³/mol. The number of anilines is 1. The van der Waals surface area contributed by atoms with Crippen molar-refractivity contribution < 1.29 is 4.79 Å². The molecule has 0 radical (unpaired) electrons. The van der Waals surface area contributed by atoms with Crippen LogP contribution >= 0.6 is 0 Å². The maximum absolute atomic E-state index is 12.2. The van der Waals surface area contributed by atoms with Gasteiger partial charge in [-0.1, -0.05) is 6.07 Å². The molecule has 1 fully saturated rings. The first-order valence-corrected chi connectivity index (χ1v) is 7.63. The molecule has 1 aromatic rings. The quantitative estimate of drug-likeness (QED) is 0.737. The van der Waals surface area contributed by atoms with Gasteiger partial charge in [0.15, 0.2) is 0 Å². The van der Waals surface area contributed by atoms with Gasteiger partial charge in [-0.05, 0) is 61.9 Å². The Bertz CT molecular complexity index is 494. The number of carbonyl (C=O) groups is 1. The van der Waals surface area contributed by atoms with Gasteiger partial charge >= 0.3 is 0 Å². The highest BCUT2D eigenvalue weighted by atomic mass is 16.1. The van der Waals surface area contributed by atoms with Gasteiger partial charge < -0.3 is 16.4 Å². The fraction of sp³-hybridized carbons (Fsp3) is 0.562. The fourth-order valence-corrected chi connectivity index (χ4v) is 3.39. The molecule has 4 heteroatoms. The van der Waals surface area contributed by atoms with Gasteiger partial charge in [0.25, 0.3) is 0 Å². The van der Waals surface area contributed by atoms with E-state index in [4.69, 9.17) is 5.73 Å². The number of hydrogen-bond acceptors (Lipinski definition) is 3. The van der Waals surface area contributed by atoms with Crippen LogP contribution in [0, 0.1) is 0 Å². The molecule has 4 N–H and O–H groups in total.